The number of carboxylic acids is 1. The summed E-state index contributed by atoms with van der Waals surface area (Å²) in [6.45, 7) is 2.41. The van der Waals surface area contributed by atoms with Crippen LogP contribution >= 0.6 is 0 Å². The third kappa shape index (κ3) is 3.35. The predicted octanol–water partition coefficient (Wildman–Crippen LogP) is 0.897. The molecule has 0 spiro atoms. The number of aliphatic carboxylic acids is 1. The Morgan fingerprint density at radius 2 is 2.53 bits per heavy atom. The van der Waals surface area contributed by atoms with Gasteiger partial charge in [-0.1, -0.05) is 11.1 Å². The number of aryl methyl sites for hydroxylation is 1. The van der Waals surface area contributed by atoms with Crippen LogP contribution in [0.15, 0.2) is 10.6 Å². The number of carboxylic acid groups (broad SMARTS) is 1. The topological polar surface area (TPSA) is 66.6 Å². The molecule has 0 saturated carbocycles. The highest BCUT2D eigenvalue weighted by Gasteiger charge is 2.11. The van der Waals surface area contributed by atoms with Crippen molar-refractivity contribution in [3.8, 4) is 12.3 Å². The largest absolute Gasteiger partial charge is 0.481 e. The molecule has 0 fully saturated rings. The average Bonchev–Trinajstić information content (AvgIpc) is 2.59. The second-order valence-electron chi connectivity index (χ2n) is 3.07. The Morgan fingerprint density at radius 3 is 3.00 bits per heavy atom. The summed E-state index contributed by atoms with van der Waals surface area (Å²) < 4.78 is 4.89. The lowest BCUT2D eigenvalue weighted by Crippen LogP contribution is -2.26. The monoisotopic (exact) mass is 208 g/mol. The zero-order valence-corrected chi connectivity index (χ0v) is 8.43. The summed E-state index contributed by atoms with van der Waals surface area (Å²) in [6, 6.07) is 1.72. The Morgan fingerprint density at radius 1 is 1.80 bits per heavy atom. The van der Waals surface area contributed by atoms with E-state index in [0.29, 0.717) is 24.7 Å². The zero-order valence-electron chi connectivity index (χ0n) is 8.43. The van der Waals surface area contributed by atoms with Crippen molar-refractivity contribution in [2.75, 3.05) is 18.0 Å². The fourth-order valence-electron chi connectivity index (χ4n) is 1.12. The van der Waals surface area contributed by atoms with E-state index in [4.69, 9.17) is 16.1 Å². The van der Waals surface area contributed by atoms with Crippen molar-refractivity contribution < 1.29 is 14.4 Å². The van der Waals surface area contributed by atoms with Crippen LogP contribution in [0.4, 0.5) is 5.82 Å². The summed E-state index contributed by atoms with van der Waals surface area (Å²) in [6.07, 6.45) is 5.20. The molecule has 0 atom stereocenters. The summed E-state index contributed by atoms with van der Waals surface area (Å²) in [5.74, 6) is 2.83. The van der Waals surface area contributed by atoms with Crippen molar-refractivity contribution in [3.63, 3.8) is 0 Å². The van der Waals surface area contributed by atoms with Gasteiger partial charge in [0.15, 0.2) is 5.82 Å². The third-order valence-corrected chi connectivity index (χ3v) is 1.82. The van der Waals surface area contributed by atoms with Gasteiger partial charge in [0.1, 0.15) is 5.76 Å². The number of aromatic nitrogens is 1. The van der Waals surface area contributed by atoms with Crippen molar-refractivity contribution in [2.24, 2.45) is 0 Å². The van der Waals surface area contributed by atoms with Gasteiger partial charge in [-0.05, 0) is 6.92 Å². The van der Waals surface area contributed by atoms with Crippen molar-refractivity contribution in [1.29, 1.82) is 0 Å². The highest BCUT2D eigenvalue weighted by atomic mass is 16.5. The minimum absolute atomic E-state index is 0.0214. The number of hydrogen-bond acceptors (Lipinski definition) is 4. The van der Waals surface area contributed by atoms with E-state index < -0.39 is 5.97 Å². The molecule has 5 heteroatoms. The standard InChI is InChI=1S/C10H12N2O3/c1-3-5-12(6-4-10(13)14)9-7-8(2)15-11-9/h1,7H,4-6H2,2H3,(H,13,14). The molecule has 0 aliphatic heterocycles. The van der Waals surface area contributed by atoms with Crippen molar-refractivity contribution in [2.45, 2.75) is 13.3 Å². The first-order valence-corrected chi connectivity index (χ1v) is 4.47. The fourth-order valence-corrected chi connectivity index (χ4v) is 1.12. The Kier molecular flexibility index (Phi) is 3.75. The fraction of sp³-hybridized carbons (Fsp3) is 0.400. The first-order valence-electron chi connectivity index (χ1n) is 4.47. The van der Waals surface area contributed by atoms with Crippen LogP contribution in [0.25, 0.3) is 0 Å². The summed E-state index contributed by atoms with van der Waals surface area (Å²) >= 11 is 0. The van der Waals surface area contributed by atoms with Gasteiger partial charge in [-0.25, -0.2) is 0 Å². The van der Waals surface area contributed by atoms with E-state index in [2.05, 4.69) is 11.1 Å². The molecular weight excluding hydrogens is 196 g/mol. The van der Waals surface area contributed by atoms with Crippen LogP contribution in [0.1, 0.15) is 12.2 Å². The number of anilines is 1. The van der Waals surface area contributed by atoms with E-state index in [-0.39, 0.29) is 6.42 Å². The van der Waals surface area contributed by atoms with E-state index >= 15 is 0 Å². The van der Waals surface area contributed by atoms with Crippen LogP contribution in [-0.2, 0) is 4.79 Å². The number of rotatable bonds is 5. The molecule has 0 saturated heterocycles. The van der Waals surface area contributed by atoms with E-state index in [0.717, 1.165) is 0 Å². The molecule has 1 rings (SSSR count). The van der Waals surface area contributed by atoms with E-state index in [1.165, 1.54) is 0 Å². The molecule has 1 aromatic heterocycles. The van der Waals surface area contributed by atoms with Gasteiger partial charge < -0.3 is 14.5 Å². The van der Waals surface area contributed by atoms with Crippen LogP contribution < -0.4 is 4.90 Å². The van der Waals surface area contributed by atoms with Gasteiger partial charge in [-0.2, -0.15) is 0 Å². The van der Waals surface area contributed by atoms with Gasteiger partial charge in [0.25, 0.3) is 0 Å². The highest BCUT2D eigenvalue weighted by Crippen LogP contribution is 2.13. The minimum Gasteiger partial charge on any atom is -0.481 e. The van der Waals surface area contributed by atoms with E-state index in [1.807, 2.05) is 0 Å². The molecule has 0 aliphatic rings. The third-order valence-electron chi connectivity index (χ3n) is 1.82. The first-order chi connectivity index (χ1) is 7.13. The van der Waals surface area contributed by atoms with E-state index in [9.17, 15) is 4.79 Å². The molecule has 0 amide bonds. The van der Waals surface area contributed by atoms with E-state index in [1.54, 1.807) is 17.9 Å². The molecular formula is C10H12N2O3. The normalized spacial score (nSPS) is 9.60. The SMILES string of the molecule is C#CCN(CCC(=O)O)c1cc(C)on1. The Bertz CT molecular complexity index is 378. The molecule has 1 heterocycles. The maximum Gasteiger partial charge on any atom is 0.305 e. The van der Waals surface area contributed by atoms with Gasteiger partial charge in [-0.3, -0.25) is 4.79 Å². The Labute approximate surface area is 87.7 Å². The average molecular weight is 208 g/mol. The number of carbonyl (C=O) groups is 1. The second kappa shape index (κ2) is 5.05. The van der Waals surface area contributed by atoms with Gasteiger partial charge in [0, 0.05) is 12.6 Å². The highest BCUT2D eigenvalue weighted by molar-refractivity contribution is 5.67. The van der Waals surface area contributed by atoms with Gasteiger partial charge >= 0.3 is 5.97 Å². The maximum absolute atomic E-state index is 10.4. The molecule has 80 valence electrons. The van der Waals surface area contributed by atoms with Crippen LogP contribution in [0.3, 0.4) is 0 Å². The van der Waals surface area contributed by atoms with Gasteiger partial charge in [-0.15, -0.1) is 6.42 Å². The number of hydrogen-bond donors (Lipinski definition) is 1. The smallest absolute Gasteiger partial charge is 0.305 e. The van der Waals surface area contributed by atoms with Gasteiger partial charge in [0.2, 0.25) is 0 Å². The predicted molar refractivity (Wildman–Crippen MR) is 54.5 cm³/mol. The molecule has 1 aromatic rings. The van der Waals surface area contributed by atoms with Crippen molar-refractivity contribution in [3.05, 3.63) is 11.8 Å². The second-order valence-corrected chi connectivity index (χ2v) is 3.07. The van der Waals surface area contributed by atoms with Crippen LogP contribution in [0, 0.1) is 19.3 Å². The van der Waals surface area contributed by atoms with Crippen LogP contribution in [0.5, 0.6) is 0 Å². The lowest BCUT2D eigenvalue weighted by molar-refractivity contribution is -0.136. The number of nitrogens with zero attached hydrogens (tertiary/aromatic N) is 2. The molecule has 0 bridgehead atoms. The molecule has 0 aromatic carbocycles. The quantitative estimate of drug-likeness (QED) is 0.728. The lowest BCUT2D eigenvalue weighted by atomic mass is 10.3. The Hall–Kier alpha value is -1.96. The summed E-state index contributed by atoms with van der Waals surface area (Å²) in [4.78, 5) is 12.1. The summed E-state index contributed by atoms with van der Waals surface area (Å²) in [7, 11) is 0. The minimum atomic E-state index is -0.864. The molecule has 1 N–H and O–H groups in total. The van der Waals surface area contributed by atoms with Crippen molar-refractivity contribution in [1.82, 2.24) is 5.16 Å². The maximum atomic E-state index is 10.4. The molecule has 0 aliphatic carbocycles. The van der Waals surface area contributed by atoms with Crippen LogP contribution in [0.2, 0.25) is 0 Å². The lowest BCUT2D eigenvalue weighted by Gasteiger charge is -2.17. The summed E-state index contributed by atoms with van der Waals surface area (Å²) in [5.41, 5.74) is 0. The van der Waals surface area contributed by atoms with Crippen molar-refractivity contribution >= 4 is 11.8 Å². The molecule has 0 unspecified atom stereocenters. The molecule has 0 radical (unpaired) electrons. The van der Waals surface area contributed by atoms with Gasteiger partial charge in [0.05, 0.1) is 13.0 Å². The Balaban J connectivity index is 2.66. The van der Waals surface area contributed by atoms with Crippen LogP contribution in [-0.4, -0.2) is 29.3 Å². The molecule has 5 nitrogen and oxygen atoms in total. The number of terminal acetylenes is 1. The molecule has 15 heavy (non-hydrogen) atoms. The summed E-state index contributed by atoms with van der Waals surface area (Å²) in [5, 5.41) is 12.3. The first kappa shape index (κ1) is 11.1. The zero-order chi connectivity index (χ0) is 11.3.